The number of hydrogen-bond donors (Lipinski definition) is 1. The number of rotatable bonds is 5. The van der Waals surface area contributed by atoms with Gasteiger partial charge in [-0.1, -0.05) is 0 Å². The van der Waals surface area contributed by atoms with E-state index in [1.165, 1.54) is 0 Å². The molecule has 6 nitrogen and oxygen atoms in total. The lowest BCUT2D eigenvalue weighted by atomic mass is 9.99. The number of hydrogen-bond acceptors (Lipinski definition) is 5. The van der Waals surface area contributed by atoms with Crippen LogP contribution >= 0.6 is 0 Å². The second kappa shape index (κ2) is 6.72. The summed E-state index contributed by atoms with van der Waals surface area (Å²) in [6, 6.07) is 12.0. The van der Waals surface area contributed by atoms with Gasteiger partial charge >= 0.3 is 0 Å². The molecule has 1 aromatic carbocycles. The molecule has 0 unspecified atom stereocenters. The minimum absolute atomic E-state index is 0.0877. The molecule has 1 saturated heterocycles. The number of aromatic nitrogens is 3. The van der Waals surface area contributed by atoms with Gasteiger partial charge in [0.25, 0.3) is 0 Å². The van der Waals surface area contributed by atoms with E-state index in [4.69, 9.17) is 14.5 Å². The average molecular weight is 338 g/mol. The Labute approximate surface area is 146 Å². The third kappa shape index (κ3) is 3.17. The molecule has 0 radical (unpaired) electrons. The minimum atomic E-state index is 0.0877. The van der Waals surface area contributed by atoms with Gasteiger partial charge in [0.2, 0.25) is 0 Å². The van der Waals surface area contributed by atoms with Crippen LogP contribution in [0.5, 0.6) is 5.75 Å². The Morgan fingerprint density at radius 2 is 2.20 bits per heavy atom. The van der Waals surface area contributed by atoms with E-state index in [9.17, 15) is 0 Å². The summed E-state index contributed by atoms with van der Waals surface area (Å²) < 4.78 is 13.1. The smallest absolute Gasteiger partial charge is 0.126 e. The highest BCUT2D eigenvalue weighted by Crippen LogP contribution is 2.34. The third-order valence-corrected chi connectivity index (χ3v) is 4.81. The lowest BCUT2D eigenvalue weighted by molar-refractivity contribution is 0.0866. The maximum atomic E-state index is 5.94. The largest absolute Gasteiger partial charge is 0.497 e. The first-order valence-corrected chi connectivity index (χ1v) is 8.53. The van der Waals surface area contributed by atoms with Crippen LogP contribution in [0.4, 0.5) is 5.82 Å². The zero-order valence-electron chi connectivity index (χ0n) is 14.5. The Kier molecular flexibility index (Phi) is 4.28. The Bertz CT molecular complexity index is 877. The van der Waals surface area contributed by atoms with Crippen LogP contribution in [-0.4, -0.2) is 35.0 Å². The van der Waals surface area contributed by atoms with Crippen molar-refractivity contribution in [2.24, 2.45) is 13.0 Å². The Hall–Kier alpha value is -2.60. The first-order chi connectivity index (χ1) is 12.2. The van der Waals surface area contributed by atoms with Crippen LogP contribution < -0.4 is 10.1 Å². The van der Waals surface area contributed by atoms with Crippen molar-refractivity contribution in [3.05, 3.63) is 48.3 Å². The van der Waals surface area contributed by atoms with Gasteiger partial charge in [-0.25, -0.2) is 4.98 Å². The molecular formula is C19H22N4O2. The highest BCUT2D eigenvalue weighted by molar-refractivity contribution is 5.81. The van der Waals surface area contributed by atoms with E-state index < -0.39 is 0 Å². The summed E-state index contributed by atoms with van der Waals surface area (Å²) in [5.41, 5.74) is 2.08. The van der Waals surface area contributed by atoms with Gasteiger partial charge in [-0.3, -0.25) is 4.68 Å². The van der Waals surface area contributed by atoms with Gasteiger partial charge in [0, 0.05) is 37.7 Å². The number of methoxy groups -OCH3 is 1. The molecule has 1 aliphatic rings. The van der Waals surface area contributed by atoms with E-state index >= 15 is 0 Å². The van der Waals surface area contributed by atoms with Crippen LogP contribution in [0, 0.1) is 5.92 Å². The molecule has 0 spiro atoms. The molecule has 0 bridgehead atoms. The normalized spacial score (nSPS) is 20.1. The molecular weight excluding hydrogens is 316 g/mol. The molecule has 0 aliphatic carbocycles. The van der Waals surface area contributed by atoms with Crippen molar-refractivity contribution in [3.8, 4) is 5.75 Å². The minimum Gasteiger partial charge on any atom is -0.497 e. The van der Waals surface area contributed by atoms with Gasteiger partial charge < -0.3 is 14.8 Å². The number of pyridine rings is 1. The van der Waals surface area contributed by atoms with Crippen molar-refractivity contribution in [2.75, 3.05) is 25.6 Å². The SMILES string of the molecule is COc1ccc2nc(NC[C@@H]3CCO[C@H]3c3ccnn3C)ccc2c1. The molecule has 6 heteroatoms. The molecule has 2 atom stereocenters. The molecule has 3 heterocycles. The topological polar surface area (TPSA) is 61.2 Å². The van der Waals surface area contributed by atoms with E-state index in [2.05, 4.69) is 16.5 Å². The first-order valence-electron chi connectivity index (χ1n) is 8.53. The second-order valence-electron chi connectivity index (χ2n) is 6.36. The lowest BCUT2D eigenvalue weighted by Crippen LogP contribution is -2.20. The summed E-state index contributed by atoms with van der Waals surface area (Å²) in [7, 11) is 3.63. The highest BCUT2D eigenvalue weighted by Gasteiger charge is 2.31. The summed E-state index contributed by atoms with van der Waals surface area (Å²) in [5, 5.41) is 8.79. The van der Waals surface area contributed by atoms with Crippen molar-refractivity contribution < 1.29 is 9.47 Å². The van der Waals surface area contributed by atoms with Crippen LogP contribution in [0.2, 0.25) is 0 Å². The average Bonchev–Trinajstić information content (AvgIpc) is 3.27. The number of nitrogens with one attached hydrogen (secondary N) is 1. The number of ether oxygens (including phenoxy) is 2. The zero-order valence-corrected chi connectivity index (χ0v) is 14.5. The molecule has 4 rings (SSSR count). The predicted octanol–water partition coefficient (Wildman–Crippen LogP) is 3.17. The van der Waals surface area contributed by atoms with Crippen LogP contribution in [-0.2, 0) is 11.8 Å². The number of aryl methyl sites for hydroxylation is 1. The molecule has 2 aromatic heterocycles. The first kappa shape index (κ1) is 15.9. The van der Waals surface area contributed by atoms with Crippen molar-refractivity contribution >= 4 is 16.7 Å². The maximum absolute atomic E-state index is 5.94. The summed E-state index contributed by atoms with van der Waals surface area (Å²) in [6.45, 7) is 1.61. The van der Waals surface area contributed by atoms with Gasteiger partial charge in [-0.15, -0.1) is 0 Å². The Morgan fingerprint density at radius 1 is 1.28 bits per heavy atom. The Balaban J connectivity index is 1.47. The van der Waals surface area contributed by atoms with Crippen LogP contribution in [0.3, 0.4) is 0 Å². The molecule has 130 valence electrons. The molecule has 25 heavy (non-hydrogen) atoms. The molecule has 1 aliphatic heterocycles. The Morgan fingerprint density at radius 3 is 3.00 bits per heavy atom. The lowest BCUT2D eigenvalue weighted by Gasteiger charge is -2.19. The second-order valence-corrected chi connectivity index (χ2v) is 6.36. The number of nitrogens with zero attached hydrogens (tertiary/aromatic N) is 3. The van der Waals surface area contributed by atoms with Crippen molar-refractivity contribution in [1.29, 1.82) is 0 Å². The molecule has 0 saturated carbocycles. The van der Waals surface area contributed by atoms with Gasteiger partial charge in [-0.2, -0.15) is 5.10 Å². The van der Waals surface area contributed by atoms with Gasteiger partial charge in [0.05, 0.1) is 18.3 Å². The molecule has 1 fully saturated rings. The standard InChI is InChI=1S/C19H22N4O2/c1-23-17(7-9-21-23)19-14(8-10-25-19)12-20-18-6-3-13-11-15(24-2)4-5-16(13)22-18/h3-7,9,11,14,19H,8,10,12H2,1-2H3,(H,20,22)/t14-,19+/m0/s1. The van der Waals surface area contributed by atoms with E-state index in [0.29, 0.717) is 5.92 Å². The number of anilines is 1. The van der Waals surface area contributed by atoms with Crippen molar-refractivity contribution in [3.63, 3.8) is 0 Å². The van der Waals surface area contributed by atoms with E-state index in [0.717, 1.165) is 47.7 Å². The number of fused-ring (bicyclic) bond motifs is 1. The predicted molar refractivity (Wildman–Crippen MR) is 96.8 cm³/mol. The maximum Gasteiger partial charge on any atom is 0.126 e. The molecule has 3 aromatic rings. The molecule has 1 N–H and O–H groups in total. The van der Waals surface area contributed by atoms with Gasteiger partial charge in [0.1, 0.15) is 17.7 Å². The number of benzene rings is 1. The van der Waals surface area contributed by atoms with E-state index in [1.54, 1.807) is 7.11 Å². The third-order valence-electron chi connectivity index (χ3n) is 4.81. The van der Waals surface area contributed by atoms with E-state index in [1.807, 2.05) is 48.3 Å². The fourth-order valence-corrected chi connectivity index (χ4v) is 3.40. The van der Waals surface area contributed by atoms with E-state index in [-0.39, 0.29) is 6.10 Å². The zero-order chi connectivity index (χ0) is 17.2. The summed E-state index contributed by atoms with van der Waals surface area (Å²) in [6.07, 6.45) is 2.94. The van der Waals surface area contributed by atoms with Crippen LogP contribution in [0.1, 0.15) is 18.2 Å². The quantitative estimate of drug-likeness (QED) is 0.774. The van der Waals surface area contributed by atoms with Gasteiger partial charge in [0.15, 0.2) is 0 Å². The monoisotopic (exact) mass is 338 g/mol. The fourth-order valence-electron chi connectivity index (χ4n) is 3.40. The van der Waals surface area contributed by atoms with Crippen molar-refractivity contribution in [1.82, 2.24) is 14.8 Å². The summed E-state index contributed by atoms with van der Waals surface area (Å²) in [4.78, 5) is 4.69. The fraction of sp³-hybridized carbons (Fsp3) is 0.368. The van der Waals surface area contributed by atoms with Crippen LogP contribution in [0.25, 0.3) is 10.9 Å². The summed E-state index contributed by atoms with van der Waals surface area (Å²) >= 11 is 0. The molecule has 0 amide bonds. The summed E-state index contributed by atoms with van der Waals surface area (Å²) in [5.74, 6) is 2.13. The van der Waals surface area contributed by atoms with Crippen LogP contribution in [0.15, 0.2) is 42.6 Å². The van der Waals surface area contributed by atoms with Crippen molar-refractivity contribution in [2.45, 2.75) is 12.5 Å². The highest BCUT2D eigenvalue weighted by atomic mass is 16.5. The van der Waals surface area contributed by atoms with Gasteiger partial charge in [-0.05, 0) is 42.8 Å².